The van der Waals surface area contributed by atoms with Crippen molar-refractivity contribution in [2.75, 3.05) is 0 Å². The number of rotatable bonds is 5. The Balaban J connectivity index is 1.63. The fourth-order valence-corrected chi connectivity index (χ4v) is 3.28. The Morgan fingerprint density at radius 2 is 1.30 bits per heavy atom. The number of ether oxygens (including phenoxy) is 1. The van der Waals surface area contributed by atoms with Crippen LogP contribution in [0.5, 0.6) is 11.5 Å². The monoisotopic (exact) mass is 434 g/mol. The summed E-state index contributed by atoms with van der Waals surface area (Å²) in [6.45, 7) is 0. The molecule has 2 N–H and O–H groups in total. The zero-order valence-corrected chi connectivity index (χ0v) is 17.4. The molecular weight excluding hydrogens is 416 g/mol. The molecule has 0 spiro atoms. The van der Waals surface area contributed by atoms with Gasteiger partial charge in [-0.15, -0.1) is 0 Å². The summed E-state index contributed by atoms with van der Waals surface area (Å²) in [5.41, 5.74) is 3.35. The molecule has 0 aliphatic rings. The number of carboxylic acid groups (broad SMARTS) is 2. The molecule has 33 heavy (non-hydrogen) atoms. The average molecular weight is 434 g/mol. The highest BCUT2D eigenvalue weighted by molar-refractivity contribution is 5.94. The van der Waals surface area contributed by atoms with E-state index in [4.69, 9.17) is 4.74 Å². The lowest BCUT2D eigenvalue weighted by Gasteiger charge is -2.08. The number of aromatic carboxylic acids is 2. The molecule has 0 saturated heterocycles. The third kappa shape index (κ3) is 5.27. The van der Waals surface area contributed by atoms with Gasteiger partial charge in [0.05, 0.1) is 11.1 Å². The maximum atomic E-state index is 11.3. The first-order valence-corrected chi connectivity index (χ1v) is 10.1. The Morgan fingerprint density at radius 1 is 0.636 bits per heavy atom. The number of carbonyl (C=O) groups is 2. The number of hydrogen-bond acceptors (Lipinski definition) is 3. The minimum Gasteiger partial charge on any atom is -0.478 e. The molecule has 0 fully saturated rings. The highest BCUT2D eigenvalue weighted by atomic mass is 16.5. The Bertz CT molecular complexity index is 1360. The first kappa shape index (κ1) is 21.4. The highest BCUT2D eigenvalue weighted by Gasteiger charge is 2.13. The van der Waals surface area contributed by atoms with E-state index in [1.807, 2.05) is 60.7 Å². The molecule has 0 aromatic heterocycles. The van der Waals surface area contributed by atoms with Crippen LogP contribution in [0.4, 0.5) is 0 Å². The summed E-state index contributed by atoms with van der Waals surface area (Å²) in [5, 5.41) is 18.5. The van der Waals surface area contributed by atoms with Crippen molar-refractivity contribution in [1.29, 1.82) is 0 Å². The summed E-state index contributed by atoms with van der Waals surface area (Å²) < 4.78 is 5.75. The molecule has 0 aliphatic carbocycles. The molecule has 5 nitrogen and oxygen atoms in total. The van der Waals surface area contributed by atoms with E-state index in [2.05, 4.69) is 11.8 Å². The van der Waals surface area contributed by atoms with Crippen molar-refractivity contribution in [3.05, 3.63) is 119 Å². The Morgan fingerprint density at radius 3 is 2.00 bits per heavy atom. The SMILES string of the molecule is O=C(O)c1cc(Oc2cccc(C#Cc3ccccc3-c3ccccc3)c2)cc(C(=O)O)c1. The van der Waals surface area contributed by atoms with E-state index in [9.17, 15) is 19.8 Å². The molecule has 160 valence electrons. The Hall–Kier alpha value is -4.82. The number of carboxylic acids is 2. The zero-order valence-electron chi connectivity index (χ0n) is 17.4. The quantitative estimate of drug-likeness (QED) is 0.380. The topological polar surface area (TPSA) is 83.8 Å². The Kier molecular flexibility index (Phi) is 6.19. The van der Waals surface area contributed by atoms with Crippen LogP contribution in [0.25, 0.3) is 11.1 Å². The van der Waals surface area contributed by atoms with Crippen molar-refractivity contribution in [3.63, 3.8) is 0 Å². The van der Waals surface area contributed by atoms with Gasteiger partial charge in [-0.05, 0) is 53.6 Å². The summed E-state index contributed by atoms with van der Waals surface area (Å²) >= 11 is 0. The van der Waals surface area contributed by atoms with Crippen LogP contribution >= 0.6 is 0 Å². The molecule has 0 amide bonds. The van der Waals surface area contributed by atoms with Gasteiger partial charge >= 0.3 is 11.9 Å². The van der Waals surface area contributed by atoms with Crippen molar-refractivity contribution >= 4 is 11.9 Å². The van der Waals surface area contributed by atoms with Crippen LogP contribution in [0.15, 0.2) is 97.1 Å². The van der Waals surface area contributed by atoms with Crippen molar-refractivity contribution in [3.8, 4) is 34.5 Å². The average Bonchev–Trinajstić information content (AvgIpc) is 2.83. The minimum atomic E-state index is -1.24. The second-order valence-corrected chi connectivity index (χ2v) is 7.15. The van der Waals surface area contributed by atoms with E-state index in [1.54, 1.807) is 18.2 Å². The summed E-state index contributed by atoms with van der Waals surface area (Å²) in [4.78, 5) is 22.6. The van der Waals surface area contributed by atoms with Crippen LogP contribution in [0.3, 0.4) is 0 Å². The molecular formula is C28H18O5. The maximum Gasteiger partial charge on any atom is 0.335 e. The van der Waals surface area contributed by atoms with Crippen LogP contribution < -0.4 is 4.74 Å². The summed E-state index contributed by atoms with van der Waals surface area (Å²) in [7, 11) is 0. The first-order valence-electron chi connectivity index (χ1n) is 10.1. The lowest BCUT2D eigenvalue weighted by atomic mass is 10.00. The van der Waals surface area contributed by atoms with Gasteiger partial charge in [-0.1, -0.05) is 66.4 Å². The van der Waals surface area contributed by atoms with Gasteiger partial charge in [-0.2, -0.15) is 0 Å². The molecule has 0 unspecified atom stereocenters. The van der Waals surface area contributed by atoms with Crippen LogP contribution in [0, 0.1) is 11.8 Å². The third-order valence-corrected chi connectivity index (χ3v) is 4.82. The maximum absolute atomic E-state index is 11.3. The number of benzene rings is 4. The van der Waals surface area contributed by atoms with Crippen LogP contribution in [-0.2, 0) is 0 Å². The molecule has 4 aromatic carbocycles. The predicted octanol–water partition coefficient (Wildman–Crippen LogP) is 5.94. The summed E-state index contributed by atoms with van der Waals surface area (Å²) in [5.74, 6) is 4.40. The summed E-state index contributed by atoms with van der Waals surface area (Å²) in [6.07, 6.45) is 0. The molecule has 0 radical (unpaired) electrons. The fourth-order valence-electron chi connectivity index (χ4n) is 3.28. The van der Waals surface area contributed by atoms with Crippen LogP contribution in [0.1, 0.15) is 31.8 Å². The fraction of sp³-hybridized carbons (Fsp3) is 0. The van der Waals surface area contributed by atoms with Gasteiger partial charge in [-0.3, -0.25) is 0 Å². The van der Waals surface area contributed by atoms with Gasteiger partial charge in [0.2, 0.25) is 0 Å². The number of hydrogen-bond donors (Lipinski definition) is 2. The molecule has 4 aromatic rings. The van der Waals surface area contributed by atoms with Crippen LogP contribution in [0.2, 0.25) is 0 Å². The second kappa shape index (κ2) is 9.54. The van der Waals surface area contributed by atoms with E-state index in [0.29, 0.717) is 11.3 Å². The van der Waals surface area contributed by atoms with Crippen molar-refractivity contribution in [2.24, 2.45) is 0 Å². The van der Waals surface area contributed by atoms with Gasteiger partial charge in [0.1, 0.15) is 11.5 Å². The van der Waals surface area contributed by atoms with Crippen molar-refractivity contribution in [2.45, 2.75) is 0 Å². The van der Waals surface area contributed by atoms with E-state index in [0.717, 1.165) is 22.8 Å². The lowest BCUT2D eigenvalue weighted by molar-refractivity contribution is 0.0696. The van der Waals surface area contributed by atoms with Gasteiger partial charge in [0.25, 0.3) is 0 Å². The predicted molar refractivity (Wildman–Crippen MR) is 125 cm³/mol. The van der Waals surface area contributed by atoms with E-state index in [1.165, 1.54) is 12.1 Å². The smallest absolute Gasteiger partial charge is 0.335 e. The molecule has 0 atom stereocenters. The molecule has 0 bridgehead atoms. The molecule has 0 aliphatic heterocycles. The highest BCUT2D eigenvalue weighted by Crippen LogP contribution is 2.26. The zero-order chi connectivity index (χ0) is 23.2. The largest absolute Gasteiger partial charge is 0.478 e. The van der Waals surface area contributed by atoms with Crippen molar-refractivity contribution in [1.82, 2.24) is 0 Å². The van der Waals surface area contributed by atoms with E-state index in [-0.39, 0.29) is 16.9 Å². The van der Waals surface area contributed by atoms with E-state index >= 15 is 0 Å². The van der Waals surface area contributed by atoms with Crippen LogP contribution in [-0.4, -0.2) is 22.2 Å². The molecule has 5 heteroatoms. The van der Waals surface area contributed by atoms with Crippen molar-refractivity contribution < 1.29 is 24.5 Å². The Labute approximate surface area is 190 Å². The van der Waals surface area contributed by atoms with Gasteiger partial charge in [-0.25, -0.2) is 9.59 Å². The standard InChI is InChI=1S/C28H18O5/c29-27(30)22-16-23(28(31)32)18-25(17-22)33-24-11-6-7-19(15-24)13-14-21-10-4-5-12-26(21)20-8-2-1-3-9-20/h1-12,15-18H,(H,29,30)(H,31,32). The first-order chi connectivity index (χ1) is 16.0. The van der Waals surface area contributed by atoms with Gasteiger partial charge in [0.15, 0.2) is 0 Å². The molecule has 0 heterocycles. The van der Waals surface area contributed by atoms with Gasteiger partial charge in [0, 0.05) is 11.1 Å². The minimum absolute atomic E-state index is 0.117. The second-order valence-electron chi connectivity index (χ2n) is 7.15. The third-order valence-electron chi connectivity index (χ3n) is 4.82. The molecule has 4 rings (SSSR count). The van der Waals surface area contributed by atoms with Gasteiger partial charge < -0.3 is 14.9 Å². The molecule has 0 saturated carbocycles. The lowest BCUT2D eigenvalue weighted by Crippen LogP contribution is -2.03. The normalized spacial score (nSPS) is 10.1. The van der Waals surface area contributed by atoms with E-state index < -0.39 is 11.9 Å². The summed E-state index contributed by atoms with van der Waals surface area (Å²) in [6, 6.07) is 28.5.